The molecule has 0 aromatic carbocycles. The van der Waals surface area contributed by atoms with Gasteiger partial charge in [0.1, 0.15) is 0 Å². The van der Waals surface area contributed by atoms with Crippen molar-refractivity contribution in [3.05, 3.63) is 36.5 Å². The molecule has 472 valence electrons. The summed E-state index contributed by atoms with van der Waals surface area (Å²) < 4.78 is 5.48. The minimum atomic E-state index is -0.842. The summed E-state index contributed by atoms with van der Waals surface area (Å²) in [5.74, 6) is -0.0551. The molecule has 6 nitrogen and oxygen atoms in total. The van der Waals surface area contributed by atoms with Gasteiger partial charge in [0.15, 0.2) is 0 Å². The molecule has 2 unspecified atom stereocenters. The predicted octanol–water partition coefficient (Wildman–Crippen LogP) is 23.5. The summed E-state index contributed by atoms with van der Waals surface area (Å²) in [6, 6.07) is -0.626. The molecule has 0 aliphatic carbocycles. The summed E-state index contributed by atoms with van der Waals surface area (Å²) in [6.45, 7) is 4.89. The van der Waals surface area contributed by atoms with Crippen molar-refractivity contribution < 1.29 is 24.5 Å². The van der Waals surface area contributed by atoms with Gasteiger partial charge in [-0.1, -0.05) is 365 Å². The third kappa shape index (κ3) is 65.2. The first-order valence-corrected chi connectivity index (χ1v) is 36.3. The minimum absolute atomic E-state index is 0.00550. The van der Waals surface area contributed by atoms with Gasteiger partial charge in [-0.2, -0.15) is 0 Å². The molecule has 0 rings (SSSR count). The lowest BCUT2D eigenvalue weighted by molar-refractivity contribution is -0.143. The van der Waals surface area contributed by atoms with Gasteiger partial charge in [-0.3, -0.25) is 9.59 Å². The number of aliphatic hydroxyl groups is 2. The van der Waals surface area contributed by atoms with Crippen molar-refractivity contribution >= 4 is 11.9 Å². The van der Waals surface area contributed by atoms with Gasteiger partial charge in [-0.05, 0) is 57.8 Å². The summed E-state index contributed by atoms with van der Waals surface area (Å²) in [7, 11) is 0. The van der Waals surface area contributed by atoms with Crippen molar-refractivity contribution in [1.82, 2.24) is 5.32 Å². The van der Waals surface area contributed by atoms with Gasteiger partial charge in [0.25, 0.3) is 0 Å². The number of hydrogen-bond donors (Lipinski definition) is 3. The highest BCUT2D eigenvalue weighted by atomic mass is 16.5. The van der Waals surface area contributed by atoms with E-state index >= 15 is 0 Å². The molecule has 0 saturated heterocycles. The lowest BCUT2D eigenvalue weighted by Crippen LogP contribution is -2.45. The number of amides is 1. The lowest BCUT2D eigenvalue weighted by Gasteiger charge is -2.20. The molecule has 0 heterocycles. The summed E-state index contributed by atoms with van der Waals surface area (Å²) in [4.78, 5) is 24.6. The van der Waals surface area contributed by atoms with Crippen LogP contribution in [0.4, 0.5) is 0 Å². The van der Waals surface area contributed by atoms with Crippen molar-refractivity contribution in [1.29, 1.82) is 0 Å². The van der Waals surface area contributed by atoms with E-state index in [1.54, 1.807) is 6.08 Å². The Labute approximate surface area is 500 Å². The zero-order chi connectivity index (χ0) is 57.8. The standard InChI is InChI=1S/C74H141NO5/c1-3-5-7-9-11-13-15-17-19-20-33-36-39-42-46-50-54-58-62-66-72(77)71(70-76)75-73(78)67-63-59-55-51-47-43-40-37-34-31-29-27-25-23-21-22-24-26-28-30-32-35-38-41-45-49-53-57-61-65-69-80-74(79)68-64-60-56-52-48-44-18-16-14-12-10-8-6-4-2/h10,12,16,18,62,66,71-72,76-77H,3-9,11,13-15,17,19-61,63-65,67-70H2,1-2H3,(H,75,78)/b12-10-,18-16-,66-62+. The molecule has 0 aromatic rings. The van der Waals surface area contributed by atoms with E-state index in [0.717, 1.165) is 51.4 Å². The highest BCUT2D eigenvalue weighted by Gasteiger charge is 2.18. The number of aliphatic hydroxyl groups excluding tert-OH is 2. The second-order valence-electron chi connectivity index (χ2n) is 24.9. The van der Waals surface area contributed by atoms with E-state index in [2.05, 4.69) is 43.5 Å². The molecule has 0 aliphatic rings. The van der Waals surface area contributed by atoms with Crippen LogP contribution in [0.15, 0.2) is 36.5 Å². The fourth-order valence-electron chi connectivity index (χ4n) is 11.4. The smallest absolute Gasteiger partial charge is 0.305 e. The van der Waals surface area contributed by atoms with E-state index in [9.17, 15) is 19.8 Å². The van der Waals surface area contributed by atoms with Gasteiger partial charge in [0.2, 0.25) is 5.91 Å². The Morgan fingerprint density at radius 1 is 0.350 bits per heavy atom. The Kier molecular flexibility index (Phi) is 67.9. The van der Waals surface area contributed by atoms with E-state index in [4.69, 9.17) is 4.74 Å². The molecule has 0 fully saturated rings. The van der Waals surface area contributed by atoms with Crippen LogP contribution in [0.5, 0.6) is 0 Å². The third-order valence-electron chi connectivity index (χ3n) is 16.9. The number of allylic oxidation sites excluding steroid dienone is 5. The maximum absolute atomic E-state index is 12.5. The average molecular weight is 1120 g/mol. The molecular weight excluding hydrogens is 983 g/mol. The van der Waals surface area contributed by atoms with Crippen LogP contribution in [-0.4, -0.2) is 47.4 Å². The summed E-state index contributed by atoms with van der Waals surface area (Å²) >= 11 is 0. The summed E-state index contributed by atoms with van der Waals surface area (Å²) in [6.07, 6.45) is 89.5. The first-order valence-electron chi connectivity index (χ1n) is 36.3. The maximum atomic E-state index is 12.5. The van der Waals surface area contributed by atoms with Crippen LogP contribution in [0, 0.1) is 0 Å². The van der Waals surface area contributed by atoms with Crippen LogP contribution in [0.25, 0.3) is 0 Å². The Bertz CT molecular complexity index is 1300. The molecule has 80 heavy (non-hydrogen) atoms. The van der Waals surface area contributed by atoms with E-state index in [1.807, 2.05) is 6.08 Å². The van der Waals surface area contributed by atoms with Gasteiger partial charge in [0.05, 0.1) is 25.4 Å². The van der Waals surface area contributed by atoms with Crippen molar-refractivity contribution in [3.8, 4) is 0 Å². The van der Waals surface area contributed by atoms with Crippen LogP contribution in [0.2, 0.25) is 0 Å². The lowest BCUT2D eigenvalue weighted by atomic mass is 10.0. The summed E-state index contributed by atoms with van der Waals surface area (Å²) in [5, 5.41) is 23.2. The second-order valence-corrected chi connectivity index (χ2v) is 24.9. The maximum Gasteiger partial charge on any atom is 0.305 e. The van der Waals surface area contributed by atoms with Crippen LogP contribution in [0.3, 0.4) is 0 Å². The molecule has 1 amide bonds. The van der Waals surface area contributed by atoms with Crippen molar-refractivity contribution in [2.45, 2.75) is 411 Å². The monoisotopic (exact) mass is 1120 g/mol. The minimum Gasteiger partial charge on any atom is -0.466 e. The Morgan fingerprint density at radius 3 is 0.988 bits per heavy atom. The Morgan fingerprint density at radius 2 is 0.637 bits per heavy atom. The highest BCUT2D eigenvalue weighted by molar-refractivity contribution is 5.76. The molecule has 3 N–H and O–H groups in total. The second kappa shape index (κ2) is 69.6. The van der Waals surface area contributed by atoms with E-state index < -0.39 is 12.1 Å². The van der Waals surface area contributed by atoms with E-state index in [-0.39, 0.29) is 18.5 Å². The molecule has 2 atom stereocenters. The zero-order valence-electron chi connectivity index (χ0n) is 54.1. The topological polar surface area (TPSA) is 95.9 Å². The first-order chi connectivity index (χ1) is 39.5. The molecular formula is C74H141NO5. The number of rotatable bonds is 68. The van der Waals surface area contributed by atoms with Gasteiger partial charge < -0.3 is 20.3 Å². The largest absolute Gasteiger partial charge is 0.466 e. The zero-order valence-corrected chi connectivity index (χ0v) is 54.1. The number of unbranched alkanes of at least 4 members (excludes halogenated alkanes) is 53. The summed E-state index contributed by atoms with van der Waals surface area (Å²) in [5.41, 5.74) is 0. The third-order valence-corrected chi connectivity index (χ3v) is 16.9. The number of hydrogen-bond acceptors (Lipinski definition) is 5. The number of nitrogens with one attached hydrogen (secondary N) is 1. The van der Waals surface area contributed by atoms with Crippen molar-refractivity contribution in [2.24, 2.45) is 0 Å². The fraction of sp³-hybridized carbons (Fsp3) is 0.892. The quantitative estimate of drug-likeness (QED) is 0.0320. The number of esters is 1. The highest BCUT2D eigenvalue weighted by Crippen LogP contribution is 2.19. The predicted molar refractivity (Wildman–Crippen MR) is 352 cm³/mol. The Hall–Kier alpha value is -1.92. The van der Waals surface area contributed by atoms with Crippen LogP contribution in [0.1, 0.15) is 399 Å². The van der Waals surface area contributed by atoms with Crippen LogP contribution >= 0.6 is 0 Å². The normalized spacial score (nSPS) is 12.7. The molecule has 0 aromatic heterocycles. The number of carbonyl (C=O) groups excluding carboxylic acids is 2. The van der Waals surface area contributed by atoms with Gasteiger partial charge in [-0.25, -0.2) is 0 Å². The first kappa shape index (κ1) is 78.1. The van der Waals surface area contributed by atoms with Gasteiger partial charge >= 0.3 is 5.97 Å². The van der Waals surface area contributed by atoms with E-state index in [0.29, 0.717) is 19.4 Å². The molecule has 6 heteroatoms. The number of carbonyl (C=O) groups is 2. The van der Waals surface area contributed by atoms with Gasteiger partial charge in [-0.15, -0.1) is 0 Å². The molecule has 0 saturated carbocycles. The average Bonchev–Trinajstić information content (AvgIpc) is 3.46. The molecule has 0 bridgehead atoms. The Balaban J connectivity index is 3.36. The van der Waals surface area contributed by atoms with Crippen molar-refractivity contribution in [2.75, 3.05) is 13.2 Å². The SMILES string of the molecule is CCCC/C=C\C/C=C\CCCCCCCC(=O)OCCCCCCCCCCCCCCCCCCCCCCCCCCCCCCCCC(=O)NC(CO)C(O)/C=C/CCCCCCCCCCCCCCCCCCC. The van der Waals surface area contributed by atoms with Gasteiger partial charge in [0, 0.05) is 12.8 Å². The van der Waals surface area contributed by atoms with Crippen LogP contribution in [-0.2, 0) is 14.3 Å². The molecule has 0 spiro atoms. The number of ether oxygens (including phenoxy) is 1. The fourth-order valence-corrected chi connectivity index (χ4v) is 11.4. The van der Waals surface area contributed by atoms with Crippen molar-refractivity contribution in [3.63, 3.8) is 0 Å². The molecule has 0 radical (unpaired) electrons. The van der Waals surface area contributed by atoms with E-state index in [1.165, 1.54) is 321 Å². The van der Waals surface area contributed by atoms with Crippen LogP contribution < -0.4 is 5.32 Å². The molecule has 0 aliphatic heterocycles.